The monoisotopic (exact) mass is 361 g/mol. The summed E-state index contributed by atoms with van der Waals surface area (Å²) in [5.41, 5.74) is 3.93. The van der Waals surface area contributed by atoms with E-state index in [0.717, 1.165) is 12.1 Å². The fourth-order valence-electron chi connectivity index (χ4n) is 1.77. The maximum absolute atomic E-state index is 12.0. The van der Waals surface area contributed by atoms with Gasteiger partial charge in [-0.25, -0.2) is 4.79 Å². The fraction of sp³-hybridized carbons (Fsp3) is 0.118. The van der Waals surface area contributed by atoms with E-state index >= 15 is 0 Å². The third kappa shape index (κ3) is 5.64. The van der Waals surface area contributed by atoms with E-state index in [1.807, 2.05) is 6.92 Å². The van der Waals surface area contributed by atoms with Gasteiger partial charge in [0.05, 0.1) is 11.8 Å². The Morgan fingerprint density at radius 3 is 2.71 bits per heavy atom. The molecule has 0 saturated heterocycles. The number of rotatable bonds is 5. The molecule has 0 aliphatic carbocycles. The zero-order chi connectivity index (χ0) is 17.4. The van der Waals surface area contributed by atoms with Crippen LogP contribution in [0.15, 0.2) is 53.6 Å². The molecule has 0 atom stereocenters. The summed E-state index contributed by atoms with van der Waals surface area (Å²) < 4.78 is 5.30. The van der Waals surface area contributed by atoms with Gasteiger partial charge < -0.3 is 10.1 Å². The molecular weight excluding hydrogens is 346 g/mol. The number of esters is 1. The molecule has 2 rings (SSSR count). The van der Waals surface area contributed by atoms with Crippen molar-refractivity contribution in [1.82, 2.24) is 10.7 Å². The van der Waals surface area contributed by atoms with Gasteiger partial charge in [0.25, 0.3) is 0 Å². The van der Waals surface area contributed by atoms with Gasteiger partial charge in [-0.1, -0.05) is 17.7 Å². The van der Waals surface area contributed by atoms with Gasteiger partial charge in [0.15, 0.2) is 5.11 Å². The summed E-state index contributed by atoms with van der Waals surface area (Å²) in [6.07, 6.45) is 1.62. The molecule has 0 amide bonds. The molecule has 0 spiro atoms. The molecule has 124 valence electrons. The van der Waals surface area contributed by atoms with Crippen LogP contribution in [0.1, 0.15) is 22.8 Å². The molecule has 0 unspecified atom stereocenters. The van der Waals surface area contributed by atoms with E-state index in [4.69, 9.17) is 28.6 Å². The topological polar surface area (TPSA) is 62.7 Å². The standard InChI is InChI=1S/C17H16ClN3O2S/c1-2-19-17(24)21-20-11-12-6-8-15(9-7-12)23-16(22)13-4-3-5-14(18)10-13/h3-11H,2H2,1H3,(H2,19,21,24). The quantitative estimate of drug-likeness (QED) is 0.281. The van der Waals surface area contributed by atoms with Crippen LogP contribution in [0.4, 0.5) is 0 Å². The number of benzene rings is 2. The van der Waals surface area contributed by atoms with Crippen molar-refractivity contribution >= 4 is 41.1 Å². The Bertz CT molecular complexity index is 748. The van der Waals surface area contributed by atoms with Crippen LogP contribution in [0.3, 0.4) is 0 Å². The number of hydrogen-bond donors (Lipinski definition) is 2. The number of carbonyl (C=O) groups is 1. The largest absolute Gasteiger partial charge is 0.423 e. The molecule has 0 aromatic heterocycles. The van der Waals surface area contributed by atoms with Crippen molar-refractivity contribution in [3.05, 3.63) is 64.7 Å². The summed E-state index contributed by atoms with van der Waals surface area (Å²) in [5, 5.41) is 7.87. The summed E-state index contributed by atoms with van der Waals surface area (Å²) in [5.74, 6) is -0.0233. The summed E-state index contributed by atoms with van der Waals surface area (Å²) >= 11 is 10.9. The smallest absolute Gasteiger partial charge is 0.343 e. The predicted octanol–water partition coefficient (Wildman–Crippen LogP) is 3.38. The van der Waals surface area contributed by atoms with E-state index in [-0.39, 0.29) is 0 Å². The van der Waals surface area contributed by atoms with Crippen molar-refractivity contribution in [3.63, 3.8) is 0 Å². The predicted molar refractivity (Wildman–Crippen MR) is 99.9 cm³/mol. The number of carbonyl (C=O) groups excluding carboxylic acids is 1. The molecule has 0 radical (unpaired) electrons. The van der Waals surface area contributed by atoms with E-state index < -0.39 is 5.97 Å². The summed E-state index contributed by atoms with van der Waals surface area (Å²) in [4.78, 5) is 12.0. The van der Waals surface area contributed by atoms with Crippen LogP contribution in [-0.4, -0.2) is 23.8 Å². The third-order valence-electron chi connectivity index (χ3n) is 2.87. The number of hydrazone groups is 1. The maximum atomic E-state index is 12.0. The molecule has 2 aromatic carbocycles. The molecule has 2 aromatic rings. The van der Waals surface area contributed by atoms with E-state index in [2.05, 4.69) is 15.8 Å². The van der Waals surface area contributed by atoms with Gasteiger partial charge in [-0.05, 0) is 67.2 Å². The van der Waals surface area contributed by atoms with Crippen LogP contribution in [0.25, 0.3) is 0 Å². The highest BCUT2D eigenvalue weighted by atomic mass is 35.5. The first-order chi connectivity index (χ1) is 11.6. The van der Waals surface area contributed by atoms with Crippen molar-refractivity contribution in [2.24, 2.45) is 5.10 Å². The van der Waals surface area contributed by atoms with E-state index in [1.165, 1.54) is 0 Å². The molecule has 0 aliphatic heterocycles. The Morgan fingerprint density at radius 1 is 1.29 bits per heavy atom. The van der Waals surface area contributed by atoms with Crippen LogP contribution in [0.5, 0.6) is 5.75 Å². The van der Waals surface area contributed by atoms with Crippen molar-refractivity contribution in [2.75, 3.05) is 6.54 Å². The minimum absolute atomic E-state index is 0.397. The van der Waals surface area contributed by atoms with Gasteiger partial charge in [0, 0.05) is 11.6 Å². The maximum Gasteiger partial charge on any atom is 0.343 e. The van der Waals surface area contributed by atoms with Gasteiger partial charge in [-0.15, -0.1) is 0 Å². The molecule has 0 aliphatic rings. The number of nitrogens with one attached hydrogen (secondary N) is 2. The Balaban J connectivity index is 1.93. The molecule has 5 nitrogen and oxygen atoms in total. The lowest BCUT2D eigenvalue weighted by Crippen LogP contribution is -2.31. The van der Waals surface area contributed by atoms with Gasteiger partial charge in [-0.3, -0.25) is 5.43 Å². The first-order valence-corrected chi connectivity index (χ1v) is 8.02. The van der Waals surface area contributed by atoms with Crippen LogP contribution >= 0.6 is 23.8 Å². The lowest BCUT2D eigenvalue weighted by atomic mass is 10.2. The van der Waals surface area contributed by atoms with Crippen molar-refractivity contribution in [3.8, 4) is 5.75 Å². The average molecular weight is 362 g/mol. The third-order valence-corrected chi connectivity index (χ3v) is 3.34. The minimum atomic E-state index is -0.462. The Kier molecular flexibility index (Phi) is 6.72. The number of halogens is 1. The summed E-state index contributed by atoms with van der Waals surface area (Å²) in [6.45, 7) is 2.68. The second-order valence-electron chi connectivity index (χ2n) is 4.70. The van der Waals surface area contributed by atoms with Crippen LogP contribution in [-0.2, 0) is 0 Å². The Morgan fingerprint density at radius 2 is 2.04 bits per heavy atom. The number of hydrogen-bond acceptors (Lipinski definition) is 4. The molecule has 0 heterocycles. The second kappa shape index (κ2) is 9.00. The van der Waals surface area contributed by atoms with Crippen molar-refractivity contribution < 1.29 is 9.53 Å². The molecule has 24 heavy (non-hydrogen) atoms. The van der Waals surface area contributed by atoms with Crippen LogP contribution in [0.2, 0.25) is 5.02 Å². The average Bonchev–Trinajstić information content (AvgIpc) is 2.57. The molecule has 7 heteroatoms. The first kappa shape index (κ1) is 17.9. The Hall–Kier alpha value is -2.44. The summed E-state index contributed by atoms with van der Waals surface area (Å²) in [7, 11) is 0. The molecule has 0 saturated carbocycles. The van der Waals surface area contributed by atoms with Gasteiger partial charge in [0.1, 0.15) is 5.75 Å². The number of ether oxygens (including phenoxy) is 1. The van der Waals surface area contributed by atoms with Gasteiger partial charge >= 0.3 is 5.97 Å². The molecule has 0 bridgehead atoms. The fourth-order valence-corrected chi connectivity index (χ4v) is 2.16. The van der Waals surface area contributed by atoms with Crippen LogP contribution in [0, 0.1) is 0 Å². The van der Waals surface area contributed by atoms with E-state index in [9.17, 15) is 4.79 Å². The second-order valence-corrected chi connectivity index (χ2v) is 5.54. The zero-order valence-corrected chi connectivity index (χ0v) is 14.5. The van der Waals surface area contributed by atoms with Crippen LogP contribution < -0.4 is 15.5 Å². The zero-order valence-electron chi connectivity index (χ0n) is 13.0. The van der Waals surface area contributed by atoms with E-state index in [1.54, 1.807) is 54.7 Å². The number of thiocarbonyl (C=S) groups is 1. The lowest BCUT2D eigenvalue weighted by molar-refractivity contribution is 0.0735. The highest BCUT2D eigenvalue weighted by molar-refractivity contribution is 7.80. The van der Waals surface area contributed by atoms with Crippen molar-refractivity contribution in [1.29, 1.82) is 0 Å². The van der Waals surface area contributed by atoms with E-state index in [0.29, 0.717) is 21.4 Å². The van der Waals surface area contributed by atoms with Crippen molar-refractivity contribution in [2.45, 2.75) is 6.92 Å². The molecular formula is C17H16ClN3O2S. The highest BCUT2D eigenvalue weighted by Gasteiger charge is 2.08. The summed E-state index contributed by atoms with van der Waals surface area (Å²) in [6, 6.07) is 13.5. The van der Waals surface area contributed by atoms with Gasteiger partial charge in [0.2, 0.25) is 0 Å². The lowest BCUT2D eigenvalue weighted by Gasteiger charge is -2.05. The molecule has 2 N–H and O–H groups in total. The molecule has 0 fully saturated rings. The normalized spacial score (nSPS) is 10.4. The number of nitrogens with zero attached hydrogens (tertiary/aromatic N) is 1. The minimum Gasteiger partial charge on any atom is -0.423 e. The highest BCUT2D eigenvalue weighted by Crippen LogP contribution is 2.16. The Labute approximate surface area is 150 Å². The SMILES string of the molecule is CCNC(=S)NN=Cc1ccc(OC(=O)c2cccc(Cl)c2)cc1. The van der Waals surface area contributed by atoms with Gasteiger partial charge in [-0.2, -0.15) is 5.10 Å². The first-order valence-electron chi connectivity index (χ1n) is 7.23.